The standard InChI is InChI=1S/C21H27N5O3S2/c1-13(2)12-26-18(14(3)29-17-9-7-6-8-16(17)28-5)24-25-21(26)31-15(4)19(27)23-20-22-10-11-30-20/h6-11,13-15H,12H2,1-5H3,(H,22,23,27). The Morgan fingerprint density at radius 1 is 1.19 bits per heavy atom. The van der Waals surface area contributed by atoms with Gasteiger partial charge >= 0.3 is 0 Å². The van der Waals surface area contributed by atoms with Gasteiger partial charge < -0.3 is 19.4 Å². The molecule has 31 heavy (non-hydrogen) atoms. The minimum absolute atomic E-state index is 0.126. The number of amides is 1. The van der Waals surface area contributed by atoms with E-state index in [0.29, 0.717) is 40.1 Å². The van der Waals surface area contributed by atoms with E-state index in [1.54, 1.807) is 13.3 Å². The third-order valence-electron chi connectivity index (χ3n) is 4.34. The summed E-state index contributed by atoms with van der Waals surface area (Å²) in [7, 11) is 1.61. The predicted octanol–water partition coefficient (Wildman–Crippen LogP) is 4.66. The number of carbonyl (C=O) groups excluding carboxylic acids is 1. The molecule has 2 aromatic heterocycles. The average molecular weight is 462 g/mol. The Hall–Kier alpha value is -2.59. The summed E-state index contributed by atoms with van der Waals surface area (Å²) in [6.45, 7) is 8.74. The van der Waals surface area contributed by atoms with E-state index >= 15 is 0 Å². The molecule has 0 fully saturated rings. The van der Waals surface area contributed by atoms with E-state index in [4.69, 9.17) is 9.47 Å². The number of carbonyl (C=O) groups is 1. The van der Waals surface area contributed by atoms with Crippen molar-refractivity contribution in [1.29, 1.82) is 0 Å². The number of ether oxygens (including phenoxy) is 2. The molecule has 1 aromatic carbocycles. The molecule has 2 unspecified atom stereocenters. The molecule has 1 amide bonds. The minimum Gasteiger partial charge on any atom is -0.493 e. The number of hydrogen-bond donors (Lipinski definition) is 1. The number of hydrogen-bond acceptors (Lipinski definition) is 8. The van der Waals surface area contributed by atoms with E-state index in [-0.39, 0.29) is 17.3 Å². The fraction of sp³-hybridized carbons (Fsp3) is 0.429. The lowest BCUT2D eigenvalue weighted by Gasteiger charge is -2.19. The highest BCUT2D eigenvalue weighted by Gasteiger charge is 2.24. The van der Waals surface area contributed by atoms with Crippen molar-refractivity contribution in [2.75, 3.05) is 12.4 Å². The van der Waals surface area contributed by atoms with Crippen LogP contribution in [0.1, 0.15) is 39.6 Å². The van der Waals surface area contributed by atoms with Gasteiger partial charge in [-0.15, -0.1) is 21.5 Å². The van der Waals surface area contributed by atoms with Gasteiger partial charge in [0, 0.05) is 18.1 Å². The summed E-state index contributed by atoms with van der Waals surface area (Å²) < 4.78 is 13.6. The van der Waals surface area contributed by atoms with Crippen LogP contribution < -0.4 is 14.8 Å². The van der Waals surface area contributed by atoms with Crippen LogP contribution in [-0.2, 0) is 11.3 Å². The molecule has 3 rings (SSSR count). The monoisotopic (exact) mass is 461 g/mol. The van der Waals surface area contributed by atoms with Gasteiger partial charge in [-0.2, -0.15) is 0 Å². The van der Waals surface area contributed by atoms with Crippen LogP contribution in [0.25, 0.3) is 0 Å². The van der Waals surface area contributed by atoms with E-state index in [1.807, 2.05) is 48.1 Å². The Labute approximate surface area is 190 Å². The first-order valence-electron chi connectivity index (χ1n) is 9.98. The van der Waals surface area contributed by atoms with Crippen LogP contribution in [0.3, 0.4) is 0 Å². The van der Waals surface area contributed by atoms with Gasteiger partial charge in [-0.1, -0.05) is 37.7 Å². The van der Waals surface area contributed by atoms with E-state index in [1.165, 1.54) is 23.1 Å². The van der Waals surface area contributed by atoms with E-state index in [2.05, 4.69) is 34.3 Å². The molecule has 166 valence electrons. The molecule has 0 saturated heterocycles. The topological polar surface area (TPSA) is 91.2 Å². The highest BCUT2D eigenvalue weighted by Crippen LogP contribution is 2.32. The zero-order valence-electron chi connectivity index (χ0n) is 18.2. The highest BCUT2D eigenvalue weighted by molar-refractivity contribution is 8.00. The van der Waals surface area contributed by atoms with Crippen molar-refractivity contribution in [2.45, 2.75) is 50.8 Å². The number of aromatic nitrogens is 4. The fourth-order valence-corrected chi connectivity index (χ4v) is 4.29. The van der Waals surface area contributed by atoms with Crippen LogP contribution in [0.2, 0.25) is 0 Å². The van der Waals surface area contributed by atoms with Crippen molar-refractivity contribution in [1.82, 2.24) is 19.7 Å². The summed E-state index contributed by atoms with van der Waals surface area (Å²) in [5, 5.41) is 14.3. The van der Waals surface area contributed by atoms with Crippen molar-refractivity contribution < 1.29 is 14.3 Å². The smallest absolute Gasteiger partial charge is 0.239 e. The van der Waals surface area contributed by atoms with Crippen LogP contribution in [0, 0.1) is 5.92 Å². The normalized spacial score (nSPS) is 13.1. The molecule has 0 saturated carbocycles. The molecular weight excluding hydrogens is 434 g/mol. The Morgan fingerprint density at radius 2 is 1.94 bits per heavy atom. The molecule has 0 aliphatic heterocycles. The molecule has 0 radical (unpaired) electrons. The van der Waals surface area contributed by atoms with E-state index < -0.39 is 0 Å². The predicted molar refractivity (Wildman–Crippen MR) is 123 cm³/mol. The number of thioether (sulfide) groups is 1. The molecule has 0 bridgehead atoms. The lowest BCUT2D eigenvalue weighted by molar-refractivity contribution is -0.115. The number of anilines is 1. The van der Waals surface area contributed by atoms with E-state index in [9.17, 15) is 4.79 Å². The Kier molecular flexibility index (Phi) is 7.91. The van der Waals surface area contributed by atoms with Crippen LogP contribution >= 0.6 is 23.1 Å². The van der Waals surface area contributed by atoms with Crippen LogP contribution in [-0.4, -0.2) is 38.0 Å². The van der Waals surface area contributed by atoms with Gasteiger partial charge in [-0.25, -0.2) is 4.98 Å². The molecule has 0 aliphatic carbocycles. The number of thiazole rings is 1. The van der Waals surface area contributed by atoms with Crippen molar-refractivity contribution in [3.63, 3.8) is 0 Å². The van der Waals surface area contributed by atoms with Crippen LogP contribution in [0.4, 0.5) is 5.13 Å². The Bertz CT molecular complexity index is 991. The quantitative estimate of drug-likeness (QED) is 0.439. The summed E-state index contributed by atoms with van der Waals surface area (Å²) >= 11 is 2.75. The third-order valence-corrected chi connectivity index (χ3v) is 6.11. The zero-order valence-corrected chi connectivity index (χ0v) is 19.9. The van der Waals surface area contributed by atoms with Crippen LogP contribution in [0.5, 0.6) is 11.5 Å². The van der Waals surface area contributed by atoms with Gasteiger partial charge in [0.2, 0.25) is 5.91 Å². The second kappa shape index (κ2) is 10.6. The second-order valence-electron chi connectivity index (χ2n) is 7.34. The summed E-state index contributed by atoms with van der Waals surface area (Å²) in [6, 6.07) is 7.50. The maximum Gasteiger partial charge on any atom is 0.239 e. The van der Waals surface area contributed by atoms with Gasteiger partial charge in [0.15, 0.2) is 33.7 Å². The number of benzene rings is 1. The Balaban J connectivity index is 1.78. The van der Waals surface area contributed by atoms with Gasteiger partial charge in [-0.05, 0) is 31.9 Å². The molecule has 0 aliphatic rings. The summed E-state index contributed by atoms with van der Waals surface area (Å²) in [5.41, 5.74) is 0. The van der Waals surface area contributed by atoms with E-state index in [0.717, 1.165) is 0 Å². The molecule has 10 heteroatoms. The van der Waals surface area contributed by atoms with Gasteiger partial charge in [0.05, 0.1) is 12.4 Å². The van der Waals surface area contributed by atoms with Gasteiger partial charge in [-0.3, -0.25) is 4.79 Å². The van der Waals surface area contributed by atoms with Gasteiger partial charge in [0.25, 0.3) is 0 Å². The first-order valence-corrected chi connectivity index (χ1v) is 11.7. The summed E-state index contributed by atoms with van der Waals surface area (Å²) in [5.74, 6) is 2.24. The zero-order chi connectivity index (χ0) is 22.4. The third kappa shape index (κ3) is 5.98. The lowest BCUT2D eigenvalue weighted by atomic mass is 10.2. The fourth-order valence-electron chi connectivity index (χ4n) is 2.89. The number of nitrogens with zero attached hydrogens (tertiary/aromatic N) is 4. The molecule has 3 aromatic rings. The van der Waals surface area contributed by atoms with Crippen molar-refractivity contribution >= 4 is 34.1 Å². The Morgan fingerprint density at radius 3 is 2.58 bits per heavy atom. The minimum atomic E-state index is -0.364. The number of nitrogens with one attached hydrogen (secondary N) is 1. The molecule has 1 N–H and O–H groups in total. The second-order valence-corrected chi connectivity index (χ2v) is 9.55. The van der Waals surface area contributed by atoms with Crippen LogP contribution in [0.15, 0.2) is 41.0 Å². The first-order chi connectivity index (χ1) is 14.9. The first kappa shape index (κ1) is 23.1. The van der Waals surface area contributed by atoms with Crippen molar-refractivity contribution in [2.24, 2.45) is 5.92 Å². The maximum atomic E-state index is 12.5. The number of methoxy groups -OCH3 is 1. The largest absolute Gasteiger partial charge is 0.493 e. The average Bonchev–Trinajstić information content (AvgIpc) is 3.38. The van der Waals surface area contributed by atoms with Crippen molar-refractivity contribution in [3.8, 4) is 11.5 Å². The molecule has 2 atom stereocenters. The molecular formula is C21H27N5O3S2. The molecule has 2 heterocycles. The summed E-state index contributed by atoms with van der Waals surface area (Å²) in [4.78, 5) is 16.6. The van der Waals surface area contributed by atoms with Gasteiger partial charge in [0.1, 0.15) is 0 Å². The molecule has 0 spiro atoms. The number of para-hydroxylation sites is 2. The highest BCUT2D eigenvalue weighted by atomic mass is 32.2. The lowest BCUT2D eigenvalue weighted by Crippen LogP contribution is -2.23. The van der Waals surface area contributed by atoms with Crippen molar-refractivity contribution in [3.05, 3.63) is 41.7 Å². The summed E-state index contributed by atoms with van der Waals surface area (Å²) in [6.07, 6.45) is 1.31. The molecule has 8 nitrogen and oxygen atoms in total. The maximum absolute atomic E-state index is 12.5. The number of rotatable bonds is 10. The SMILES string of the molecule is COc1ccccc1OC(C)c1nnc(SC(C)C(=O)Nc2nccs2)n1CC(C)C.